The van der Waals surface area contributed by atoms with Gasteiger partial charge in [0.1, 0.15) is 16.5 Å². The second-order valence-corrected chi connectivity index (χ2v) is 8.60. The first-order valence-electron chi connectivity index (χ1n) is 10.9. The van der Waals surface area contributed by atoms with Crippen LogP contribution in [0.1, 0.15) is 15.9 Å². The second-order valence-electron chi connectivity index (χ2n) is 7.57. The predicted octanol–water partition coefficient (Wildman–Crippen LogP) is 6.80. The van der Waals surface area contributed by atoms with Crippen LogP contribution in [0.25, 0.3) is 26.9 Å². The quantitative estimate of drug-likeness (QED) is 0.153. The van der Waals surface area contributed by atoms with Gasteiger partial charge in [-0.2, -0.15) is 0 Å². The van der Waals surface area contributed by atoms with Gasteiger partial charge < -0.3 is 9.47 Å². The van der Waals surface area contributed by atoms with E-state index in [4.69, 9.17) is 9.47 Å². The number of fused-ring (bicyclic) bond motifs is 1. The number of ether oxygens (including phenoxy) is 2. The zero-order valence-corrected chi connectivity index (χ0v) is 19.3. The topological polar surface area (TPSA) is 65.5 Å². The Bertz CT molecular complexity index is 1510. The van der Waals surface area contributed by atoms with Gasteiger partial charge in [-0.05, 0) is 54.1 Å². The van der Waals surface area contributed by atoms with Crippen molar-refractivity contribution in [3.8, 4) is 22.1 Å². The molecule has 0 aliphatic heterocycles. The molecule has 0 N–H and O–H groups in total. The van der Waals surface area contributed by atoms with Crippen LogP contribution < -0.4 is 9.47 Å². The van der Waals surface area contributed by atoms with E-state index < -0.39 is 11.9 Å². The summed E-state index contributed by atoms with van der Waals surface area (Å²) in [4.78, 5) is 29.8. The second kappa shape index (κ2) is 10.2. The van der Waals surface area contributed by atoms with E-state index in [-0.39, 0.29) is 11.3 Å². The van der Waals surface area contributed by atoms with Gasteiger partial charge in [-0.3, -0.25) is 0 Å². The van der Waals surface area contributed by atoms with Crippen molar-refractivity contribution in [2.45, 2.75) is 0 Å². The van der Waals surface area contributed by atoms with E-state index >= 15 is 0 Å². The highest BCUT2D eigenvalue weighted by molar-refractivity contribution is 7.21. The van der Waals surface area contributed by atoms with Crippen LogP contribution in [0.15, 0.2) is 109 Å². The normalized spacial score (nSPS) is 11.0. The van der Waals surface area contributed by atoms with Crippen LogP contribution in [-0.4, -0.2) is 16.9 Å². The van der Waals surface area contributed by atoms with E-state index in [0.29, 0.717) is 5.75 Å². The molecule has 4 aromatic carbocycles. The van der Waals surface area contributed by atoms with Crippen LogP contribution >= 0.6 is 11.3 Å². The monoisotopic (exact) mass is 477 g/mol. The zero-order chi connectivity index (χ0) is 24.0. The van der Waals surface area contributed by atoms with Crippen molar-refractivity contribution in [1.82, 2.24) is 4.98 Å². The Morgan fingerprint density at radius 2 is 1.54 bits per heavy atom. The molecule has 0 saturated carbocycles. The summed E-state index contributed by atoms with van der Waals surface area (Å²) in [7, 11) is 0. The molecule has 1 aromatic heterocycles. The van der Waals surface area contributed by atoms with Gasteiger partial charge in [0.25, 0.3) is 0 Å². The third-order valence-corrected chi connectivity index (χ3v) is 6.18. The van der Waals surface area contributed by atoms with E-state index in [1.807, 2.05) is 66.7 Å². The molecule has 170 valence electrons. The fourth-order valence-electron chi connectivity index (χ4n) is 3.44. The number of esters is 2. The molecular formula is C29H19NO4S. The molecule has 6 heteroatoms. The van der Waals surface area contributed by atoms with Crippen LogP contribution in [0.4, 0.5) is 0 Å². The fraction of sp³-hybridized carbons (Fsp3) is 0. The summed E-state index contributed by atoms with van der Waals surface area (Å²) < 4.78 is 12.1. The summed E-state index contributed by atoms with van der Waals surface area (Å²) in [6, 6.07) is 30.9. The molecule has 0 aliphatic carbocycles. The Morgan fingerprint density at radius 3 is 2.40 bits per heavy atom. The minimum atomic E-state index is -0.559. The van der Waals surface area contributed by atoms with Gasteiger partial charge in [-0.1, -0.05) is 60.7 Å². The van der Waals surface area contributed by atoms with Crippen LogP contribution in [0.5, 0.6) is 11.5 Å². The Hall–Kier alpha value is -4.55. The third kappa shape index (κ3) is 5.34. The molecule has 0 bridgehead atoms. The maximum absolute atomic E-state index is 12.9. The van der Waals surface area contributed by atoms with E-state index in [1.165, 1.54) is 23.5 Å². The van der Waals surface area contributed by atoms with Crippen molar-refractivity contribution < 1.29 is 19.1 Å². The predicted molar refractivity (Wildman–Crippen MR) is 138 cm³/mol. The van der Waals surface area contributed by atoms with Crippen molar-refractivity contribution in [3.63, 3.8) is 0 Å². The molecule has 0 amide bonds. The lowest BCUT2D eigenvalue weighted by Gasteiger charge is -2.09. The average molecular weight is 478 g/mol. The molecule has 0 spiro atoms. The van der Waals surface area contributed by atoms with Gasteiger partial charge >= 0.3 is 11.9 Å². The fourth-order valence-corrected chi connectivity index (χ4v) is 4.44. The minimum absolute atomic E-state index is 0.251. The van der Waals surface area contributed by atoms with Gasteiger partial charge in [-0.15, -0.1) is 11.3 Å². The lowest BCUT2D eigenvalue weighted by atomic mass is 10.2. The number of thiazole rings is 1. The molecule has 0 aliphatic rings. The summed E-state index contributed by atoms with van der Waals surface area (Å²) in [6.45, 7) is 0. The standard InChI is InChI=1S/C29H19NO4S/c31-27(18-17-20-9-2-1-3-10-20)33-22-12-8-11-21(19-22)29(32)34-25-15-6-4-13-23(25)28-30-24-14-5-7-16-26(24)35-28/h1-19H/b18-17+. The van der Waals surface area contributed by atoms with E-state index in [9.17, 15) is 9.59 Å². The molecule has 0 saturated heterocycles. The lowest BCUT2D eigenvalue weighted by Crippen LogP contribution is -2.10. The Balaban J connectivity index is 1.32. The number of hydrogen-bond donors (Lipinski definition) is 0. The first-order valence-corrected chi connectivity index (χ1v) is 11.7. The Morgan fingerprint density at radius 1 is 0.771 bits per heavy atom. The maximum Gasteiger partial charge on any atom is 0.343 e. The molecule has 5 nitrogen and oxygen atoms in total. The average Bonchev–Trinajstić information content (AvgIpc) is 3.33. The Kier molecular flexibility index (Phi) is 6.46. The van der Waals surface area contributed by atoms with E-state index in [2.05, 4.69) is 4.98 Å². The molecule has 1 heterocycles. The first kappa shape index (κ1) is 22.3. The zero-order valence-electron chi connectivity index (χ0n) is 18.5. The summed E-state index contributed by atoms with van der Waals surface area (Å²) in [5.74, 6) is -0.441. The smallest absolute Gasteiger partial charge is 0.343 e. The summed E-state index contributed by atoms with van der Waals surface area (Å²) >= 11 is 1.53. The highest BCUT2D eigenvalue weighted by atomic mass is 32.1. The van der Waals surface area contributed by atoms with Crippen LogP contribution in [0, 0.1) is 0 Å². The number of carbonyl (C=O) groups is 2. The number of rotatable bonds is 6. The number of carbonyl (C=O) groups excluding carboxylic acids is 2. The molecular weight excluding hydrogens is 458 g/mol. The molecule has 0 atom stereocenters. The van der Waals surface area contributed by atoms with E-state index in [1.54, 1.807) is 36.4 Å². The van der Waals surface area contributed by atoms with Crippen molar-refractivity contribution in [2.24, 2.45) is 0 Å². The number of aromatic nitrogens is 1. The summed E-state index contributed by atoms with van der Waals surface area (Å²) in [5, 5.41) is 0.766. The first-order chi connectivity index (χ1) is 17.2. The van der Waals surface area contributed by atoms with Crippen LogP contribution in [0.2, 0.25) is 0 Å². The maximum atomic E-state index is 12.9. The molecule has 5 aromatic rings. The van der Waals surface area contributed by atoms with Gasteiger partial charge in [0, 0.05) is 6.08 Å². The lowest BCUT2D eigenvalue weighted by molar-refractivity contribution is -0.128. The van der Waals surface area contributed by atoms with Crippen molar-refractivity contribution in [3.05, 3.63) is 120 Å². The number of benzene rings is 4. The number of hydrogen-bond acceptors (Lipinski definition) is 6. The SMILES string of the molecule is O=C(/C=C/c1ccccc1)Oc1cccc(C(=O)Oc2ccccc2-c2nc3ccccc3s2)c1. The van der Waals surface area contributed by atoms with E-state index in [0.717, 1.165) is 26.4 Å². The summed E-state index contributed by atoms with van der Waals surface area (Å²) in [6.07, 6.45) is 3.01. The highest BCUT2D eigenvalue weighted by Gasteiger charge is 2.16. The van der Waals surface area contributed by atoms with Crippen molar-refractivity contribution in [1.29, 1.82) is 0 Å². The van der Waals surface area contributed by atoms with Crippen molar-refractivity contribution >= 4 is 39.6 Å². The Labute approximate surface area is 205 Å². The van der Waals surface area contributed by atoms with Crippen LogP contribution in [-0.2, 0) is 4.79 Å². The van der Waals surface area contributed by atoms with Crippen LogP contribution in [0.3, 0.4) is 0 Å². The van der Waals surface area contributed by atoms with Gasteiger partial charge in [0.2, 0.25) is 0 Å². The summed E-state index contributed by atoms with van der Waals surface area (Å²) in [5.41, 5.74) is 2.77. The number of nitrogens with zero attached hydrogens (tertiary/aromatic N) is 1. The highest BCUT2D eigenvalue weighted by Crippen LogP contribution is 2.36. The molecule has 0 radical (unpaired) electrons. The van der Waals surface area contributed by atoms with Gasteiger partial charge in [-0.25, -0.2) is 14.6 Å². The molecule has 0 fully saturated rings. The largest absolute Gasteiger partial charge is 0.423 e. The minimum Gasteiger partial charge on any atom is -0.423 e. The molecule has 35 heavy (non-hydrogen) atoms. The molecule has 0 unspecified atom stereocenters. The van der Waals surface area contributed by atoms with Crippen molar-refractivity contribution in [2.75, 3.05) is 0 Å². The van der Waals surface area contributed by atoms with Gasteiger partial charge in [0.15, 0.2) is 0 Å². The third-order valence-electron chi connectivity index (χ3n) is 5.11. The number of para-hydroxylation sites is 2. The van der Waals surface area contributed by atoms with Gasteiger partial charge in [0.05, 0.1) is 21.3 Å². The molecule has 5 rings (SSSR count).